The molecule has 1 fully saturated rings. The highest BCUT2D eigenvalue weighted by atomic mass is 16.4. The summed E-state index contributed by atoms with van der Waals surface area (Å²) < 4.78 is 0. The van der Waals surface area contributed by atoms with Gasteiger partial charge >= 0.3 is 0 Å². The van der Waals surface area contributed by atoms with Crippen LogP contribution >= 0.6 is 0 Å². The van der Waals surface area contributed by atoms with Gasteiger partial charge in [0.05, 0.1) is 24.9 Å². The summed E-state index contributed by atoms with van der Waals surface area (Å²) in [5.74, 6) is 0. The van der Waals surface area contributed by atoms with Crippen molar-refractivity contribution in [3.05, 3.63) is 0 Å². The minimum Gasteiger partial charge on any atom is -0.396 e. The fraction of sp³-hybridized carbons (Fsp3) is 1.00. The molecule has 0 unspecified atom stereocenters. The molecule has 0 spiro atoms. The molecule has 1 aliphatic heterocycles. The molecule has 1 aliphatic rings. The van der Waals surface area contributed by atoms with Crippen LogP contribution in [0.3, 0.4) is 0 Å². The van der Waals surface area contributed by atoms with E-state index in [-0.39, 0.29) is 19.3 Å². The van der Waals surface area contributed by atoms with Crippen molar-refractivity contribution in [2.45, 2.75) is 75.3 Å². The second-order valence-corrected chi connectivity index (χ2v) is 5.67. The first-order valence-electron chi connectivity index (χ1n) is 7.63. The van der Waals surface area contributed by atoms with Crippen molar-refractivity contribution in [1.82, 2.24) is 5.32 Å². The second kappa shape index (κ2) is 9.65. The first-order valence-corrected chi connectivity index (χ1v) is 7.63. The molecule has 6 N–H and O–H groups in total. The summed E-state index contributed by atoms with van der Waals surface area (Å²) in [6, 6.07) is -0.869. The summed E-state index contributed by atoms with van der Waals surface area (Å²) in [6.07, 6.45) is 3.42. The molecule has 0 bridgehead atoms. The van der Waals surface area contributed by atoms with Gasteiger partial charge in [-0.1, -0.05) is 32.1 Å². The molecule has 1 heterocycles. The highest BCUT2D eigenvalue weighted by molar-refractivity contribution is 4.97. The summed E-state index contributed by atoms with van der Waals surface area (Å²) in [5.41, 5.74) is 0. The van der Waals surface area contributed by atoms with E-state index in [0.29, 0.717) is 6.42 Å². The minimum absolute atomic E-state index is 0.251. The van der Waals surface area contributed by atoms with Crippen LogP contribution in [0, 0.1) is 0 Å². The summed E-state index contributed by atoms with van der Waals surface area (Å²) in [7, 11) is 0. The van der Waals surface area contributed by atoms with Gasteiger partial charge in [-0.15, -0.1) is 0 Å². The van der Waals surface area contributed by atoms with Gasteiger partial charge in [-0.05, 0) is 12.8 Å². The van der Waals surface area contributed by atoms with Gasteiger partial charge in [-0.2, -0.15) is 0 Å². The van der Waals surface area contributed by atoms with Crippen molar-refractivity contribution >= 4 is 0 Å². The van der Waals surface area contributed by atoms with Crippen molar-refractivity contribution < 1.29 is 25.5 Å². The van der Waals surface area contributed by atoms with E-state index in [4.69, 9.17) is 10.2 Å². The molecular weight excluding hydrogens is 262 g/mol. The van der Waals surface area contributed by atoms with Crippen molar-refractivity contribution in [1.29, 1.82) is 0 Å². The molecule has 1 rings (SSSR count). The maximum Gasteiger partial charge on any atom is 0.109 e. The third-order valence-corrected chi connectivity index (χ3v) is 4.07. The van der Waals surface area contributed by atoms with Gasteiger partial charge in [-0.3, -0.25) is 0 Å². The number of aliphatic hydroxyl groups excluding tert-OH is 5. The average Bonchev–Trinajstić information content (AvgIpc) is 2.46. The average molecular weight is 291 g/mol. The Balaban J connectivity index is 2.21. The molecule has 0 radical (unpaired) electrons. The van der Waals surface area contributed by atoms with E-state index in [2.05, 4.69) is 5.32 Å². The fourth-order valence-corrected chi connectivity index (χ4v) is 2.75. The largest absolute Gasteiger partial charge is 0.396 e. The quantitative estimate of drug-likeness (QED) is 0.308. The predicted octanol–water partition coefficient (Wildman–Crippen LogP) is -0.875. The molecule has 0 amide bonds. The van der Waals surface area contributed by atoms with Gasteiger partial charge in [0.1, 0.15) is 6.10 Å². The molecule has 6 heteroatoms. The Hall–Kier alpha value is -0.240. The van der Waals surface area contributed by atoms with Gasteiger partial charge < -0.3 is 30.8 Å². The smallest absolute Gasteiger partial charge is 0.109 e. The minimum atomic E-state index is -1.21. The van der Waals surface area contributed by atoms with Crippen LogP contribution in [0.25, 0.3) is 0 Å². The molecule has 0 aromatic heterocycles. The lowest BCUT2D eigenvalue weighted by molar-refractivity contribution is -0.120. The van der Waals surface area contributed by atoms with Crippen LogP contribution in [0.15, 0.2) is 0 Å². The Labute approximate surface area is 120 Å². The maximum atomic E-state index is 9.91. The van der Waals surface area contributed by atoms with E-state index in [1.807, 2.05) is 0 Å². The van der Waals surface area contributed by atoms with Gasteiger partial charge in [-0.25, -0.2) is 0 Å². The fourth-order valence-electron chi connectivity index (χ4n) is 2.75. The lowest BCUT2D eigenvalue weighted by Gasteiger charge is -2.41. The molecule has 0 aliphatic carbocycles. The van der Waals surface area contributed by atoms with E-state index in [0.717, 1.165) is 38.5 Å². The van der Waals surface area contributed by atoms with Crippen molar-refractivity contribution in [2.75, 3.05) is 13.2 Å². The number of hydrogen-bond acceptors (Lipinski definition) is 6. The maximum absolute atomic E-state index is 9.91. The third kappa shape index (κ3) is 5.27. The molecule has 0 aromatic rings. The Morgan fingerprint density at radius 1 is 0.650 bits per heavy atom. The number of aliphatic hydroxyl groups is 5. The van der Waals surface area contributed by atoms with Crippen LogP contribution in [0.4, 0.5) is 0 Å². The zero-order valence-corrected chi connectivity index (χ0v) is 12.0. The Morgan fingerprint density at radius 2 is 1.20 bits per heavy atom. The Kier molecular flexibility index (Phi) is 8.60. The monoisotopic (exact) mass is 291 g/mol. The summed E-state index contributed by atoms with van der Waals surface area (Å²) in [4.78, 5) is 0. The summed E-state index contributed by atoms with van der Waals surface area (Å²) in [5, 5.41) is 50.1. The highest BCUT2D eigenvalue weighted by Gasteiger charge is 2.41. The molecule has 120 valence electrons. The van der Waals surface area contributed by atoms with E-state index < -0.39 is 24.4 Å². The van der Waals surface area contributed by atoms with Gasteiger partial charge in [0, 0.05) is 12.6 Å². The molecule has 5 atom stereocenters. The van der Waals surface area contributed by atoms with Crippen LogP contribution in [-0.4, -0.2) is 69.1 Å². The van der Waals surface area contributed by atoms with Crippen LogP contribution < -0.4 is 5.32 Å². The standard InChI is InChI=1S/C14H29NO5/c16-8-6-4-2-1-3-5-7-10-12(18)14(20)13(19)11(9-17)15-10/h10-20H,1-9H2/t10-,11-,12+,13-,14-/m1/s1. The van der Waals surface area contributed by atoms with Crippen molar-refractivity contribution in [3.8, 4) is 0 Å². The topological polar surface area (TPSA) is 113 Å². The van der Waals surface area contributed by atoms with Crippen LogP contribution in [-0.2, 0) is 0 Å². The second-order valence-electron chi connectivity index (χ2n) is 5.67. The molecule has 0 saturated carbocycles. The molecule has 1 saturated heterocycles. The van der Waals surface area contributed by atoms with Gasteiger partial charge in [0.2, 0.25) is 0 Å². The van der Waals surface area contributed by atoms with E-state index in [1.165, 1.54) is 0 Å². The zero-order chi connectivity index (χ0) is 15.0. The third-order valence-electron chi connectivity index (χ3n) is 4.07. The number of rotatable bonds is 9. The van der Waals surface area contributed by atoms with E-state index >= 15 is 0 Å². The SMILES string of the molecule is OCCCCCCCC[C@H]1N[C@H](CO)[C@@H](O)[C@H](O)[C@H]1O. The highest BCUT2D eigenvalue weighted by Crippen LogP contribution is 2.20. The van der Waals surface area contributed by atoms with E-state index in [1.54, 1.807) is 0 Å². The predicted molar refractivity (Wildman–Crippen MR) is 75.2 cm³/mol. The summed E-state index contributed by atoms with van der Waals surface area (Å²) in [6.45, 7) is -0.0104. The van der Waals surface area contributed by atoms with Crippen LogP contribution in [0.1, 0.15) is 44.9 Å². The van der Waals surface area contributed by atoms with Gasteiger partial charge in [0.25, 0.3) is 0 Å². The molecule has 6 nitrogen and oxygen atoms in total. The Bertz CT molecular complexity index is 252. The number of nitrogens with one attached hydrogen (secondary N) is 1. The number of unbranched alkanes of at least 4 members (excludes halogenated alkanes) is 5. The lowest BCUT2D eigenvalue weighted by Crippen LogP contribution is -2.65. The Morgan fingerprint density at radius 3 is 1.80 bits per heavy atom. The molecule has 20 heavy (non-hydrogen) atoms. The van der Waals surface area contributed by atoms with Crippen LogP contribution in [0.5, 0.6) is 0 Å². The lowest BCUT2D eigenvalue weighted by atomic mass is 9.88. The number of piperidine rings is 1. The molecular formula is C14H29NO5. The molecule has 0 aromatic carbocycles. The van der Waals surface area contributed by atoms with Crippen molar-refractivity contribution in [3.63, 3.8) is 0 Å². The zero-order valence-electron chi connectivity index (χ0n) is 12.0. The van der Waals surface area contributed by atoms with Gasteiger partial charge in [0.15, 0.2) is 0 Å². The van der Waals surface area contributed by atoms with Crippen LogP contribution in [0.2, 0.25) is 0 Å². The number of hydrogen-bond donors (Lipinski definition) is 6. The normalized spacial score (nSPS) is 34.4. The van der Waals surface area contributed by atoms with E-state index in [9.17, 15) is 15.3 Å². The first-order chi connectivity index (χ1) is 9.61. The summed E-state index contributed by atoms with van der Waals surface area (Å²) >= 11 is 0. The first kappa shape index (κ1) is 17.8. The van der Waals surface area contributed by atoms with Crippen molar-refractivity contribution in [2.24, 2.45) is 0 Å².